The van der Waals surface area contributed by atoms with Crippen LogP contribution in [0.5, 0.6) is 0 Å². The Morgan fingerprint density at radius 1 is 1.33 bits per heavy atom. The molecule has 2 atom stereocenters. The van der Waals surface area contributed by atoms with Crippen LogP contribution in [0.1, 0.15) is 63.6 Å². The molecule has 4 nitrogen and oxygen atoms in total. The molecule has 2 unspecified atom stereocenters. The van der Waals surface area contributed by atoms with Crippen molar-refractivity contribution >= 4 is 0 Å². The van der Waals surface area contributed by atoms with Crippen LogP contribution in [0.3, 0.4) is 0 Å². The molecule has 2 heterocycles. The van der Waals surface area contributed by atoms with Crippen LogP contribution in [-0.4, -0.2) is 35.1 Å². The van der Waals surface area contributed by atoms with Crippen molar-refractivity contribution in [2.45, 2.75) is 76.5 Å². The molecule has 0 aromatic carbocycles. The van der Waals surface area contributed by atoms with Crippen molar-refractivity contribution in [3.8, 4) is 0 Å². The highest BCUT2D eigenvalue weighted by atomic mass is 16.5. The van der Waals surface area contributed by atoms with Crippen LogP contribution in [0.4, 0.5) is 0 Å². The maximum absolute atomic E-state index is 5.89. The molecule has 4 heteroatoms. The van der Waals surface area contributed by atoms with Crippen molar-refractivity contribution in [2.24, 2.45) is 0 Å². The molecule has 1 aliphatic carbocycles. The van der Waals surface area contributed by atoms with Crippen LogP contribution in [0, 0.1) is 0 Å². The summed E-state index contributed by atoms with van der Waals surface area (Å²) in [4.78, 5) is 0. The SMILES string of the molecule is CCCNC(Cc1ccn(C2CCCC2)n1)C1CCCO1. The lowest BCUT2D eigenvalue weighted by Crippen LogP contribution is -2.41. The minimum absolute atomic E-state index is 0.369. The predicted octanol–water partition coefficient (Wildman–Crippen LogP) is 3.09. The number of rotatable bonds is 7. The van der Waals surface area contributed by atoms with Gasteiger partial charge in [0.2, 0.25) is 0 Å². The maximum Gasteiger partial charge on any atom is 0.0732 e. The van der Waals surface area contributed by atoms with Crippen molar-refractivity contribution in [1.29, 1.82) is 0 Å². The Hall–Kier alpha value is -0.870. The zero-order chi connectivity index (χ0) is 14.5. The Labute approximate surface area is 128 Å². The van der Waals surface area contributed by atoms with Crippen LogP contribution < -0.4 is 5.32 Å². The van der Waals surface area contributed by atoms with Gasteiger partial charge >= 0.3 is 0 Å². The van der Waals surface area contributed by atoms with Gasteiger partial charge in [-0.2, -0.15) is 5.10 Å². The van der Waals surface area contributed by atoms with Crippen molar-refractivity contribution in [2.75, 3.05) is 13.2 Å². The molecule has 0 spiro atoms. The molecule has 1 aromatic heterocycles. The zero-order valence-electron chi connectivity index (χ0n) is 13.3. The highest BCUT2D eigenvalue weighted by Gasteiger charge is 2.26. The molecular weight excluding hydrogens is 262 g/mol. The van der Waals surface area contributed by atoms with Gasteiger partial charge in [-0.05, 0) is 44.7 Å². The fourth-order valence-electron chi connectivity index (χ4n) is 3.67. The van der Waals surface area contributed by atoms with E-state index in [1.807, 2.05) is 0 Å². The highest BCUT2D eigenvalue weighted by molar-refractivity contribution is 5.04. The molecule has 0 bridgehead atoms. The van der Waals surface area contributed by atoms with E-state index in [1.165, 1.54) is 50.6 Å². The summed E-state index contributed by atoms with van der Waals surface area (Å²) in [7, 11) is 0. The maximum atomic E-state index is 5.89. The topological polar surface area (TPSA) is 39.1 Å². The Balaban J connectivity index is 1.61. The van der Waals surface area contributed by atoms with E-state index < -0.39 is 0 Å². The lowest BCUT2D eigenvalue weighted by atomic mass is 10.0. The van der Waals surface area contributed by atoms with Gasteiger partial charge in [0.1, 0.15) is 0 Å². The van der Waals surface area contributed by atoms with Gasteiger partial charge < -0.3 is 10.1 Å². The van der Waals surface area contributed by atoms with E-state index in [4.69, 9.17) is 9.84 Å². The number of aromatic nitrogens is 2. The average Bonchev–Trinajstić information content (AvgIpc) is 3.24. The number of nitrogens with one attached hydrogen (secondary N) is 1. The second kappa shape index (κ2) is 7.41. The fourth-order valence-corrected chi connectivity index (χ4v) is 3.67. The van der Waals surface area contributed by atoms with Crippen LogP contribution >= 0.6 is 0 Å². The first-order valence-electron chi connectivity index (χ1n) is 8.76. The summed E-state index contributed by atoms with van der Waals surface area (Å²) in [6.45, 7) is 4.20. The quantitative estimate of drug-likeness (QED) is 0.839. The summed E-state index contributed by atoms with van der Waals surface area (Å²) in [5.74, 6) is 0. The first kappa shape index (κ1) is 15.0. The first-order chi connectivity index (χ1) is 10.4. The number of hydrogen-bond donors (Lipinski definition) is 1. The lowest BCUT2D eigenvalue weighted by molar-refractivity contribution is 0.0780. The van der Waals surface area contributed by atoms with Crippen molar-refractivity contribution in [1.82, 2.24) is 15.1 Å². The Bertz CT molecular complexity index is 419. The van der Waals surface area contributed by atoms with Gasteiger partial charge in [0.15, 0.2) is 0 Å². The van der Waals surface area contributed by atoms with E-state index >= 15 is 0 Å². The third kappa shape index (κ3) is 3.86. The summed E-state index contributed by atoms with van der Waals surface area (Å²) < 4.78 is 8.10. The van der Waals surface area contributed by atoms with E-state index in [0.717, 1.165) is 19.6 Å². The molecule has 118 valence electrons. The van der Waals surface area contributed by atoms with Gasteiger partial charge in [0, 0.05) is 25.3 Å². The van der Waals surface area contributed by atoms with E-state index in [0.29, 0.717) is 18.2 Å². The van der Waals surface area contributed by atoms with Crippen LogP contribution in [-0.2, 0) is 11.2 Å². The second-order valence-electron chi connectivity index (χ2n) is 6.54. The molecule has 2 fully saturated rings. The summed E-state index contributed by atoms with van der Waals surface area (Å²) >= 11 is 0. The fraction of sp³-hybridized carbons (Fsp3) is 0.824. The van der Waals surface area contributed by atoms with E-state index in [2.05, 4.69) is 29.2 Å². The summed E-state index contributed by atoms with van der Waals surface area (Å²) in [6, 6.07) is 3.26. The molecule has 1 saturated heterocycles. The molecule has 1 aromatic rings. The predicted molar refractivity (Wildman–Crippen MR) is 84.5 cm³/mol. The molecule has 21 heavy (non-hydrogen) atoms. The molecule has 0 radical (unpaired) electrons. The third-order valence-corrected chi connectivity index (χ3v) is 4.86. The standard InChI is InChI=1S/C17H29N3O/c1-2-10-18-16(17-8-5-12-21-17)13-14-9-11-20(19-14)15-6-3-4-7-15/h9,11,15-18H,2-8,10,12-13H2,1H3. The average molecular weight is 291 g/mol. The second-order valence-corrected chi connectivity index (χ2v) is 6.54. The highest BCUT2D eigenvalue weighted by Crippen LogP contribution is 2.29. The Morgan fingerprint density at radius 3 is 2.90 bits per heavy atom. The van der Waals surface area contributed by atoms with E-state index in [9.17, 15) is 0 Å². The summed E-state index contributed by atoms with van der Waals surface area (Å²) in [5, 5.41) is 8.50. The summed E-state index contributed by atoms with van der Waals surface area (Å²) in [6.07, 6.45) is 12.4. The van der Waals surface area contributed by atoms with Gasteiger partial charge in [0.25, 0.3) is 0 Å². The Morgan fingerprint density at radius 2 is 2.19 bits per heavy atom. The smallest absolute Gasteiger partial charge is 0.0732 e. The van der Waals surface area contributed by atoms with Gasteiger partial charge in [0.05, 0.1) is 17.8 Å². The van der Waals surface area contributed by atoms with Gasteiger partial charge in [-0.1, -0.05) is 19.8 Å². The normalized spacial score (nSPS) is 24.7. The van der Waals surface area contributed by atoms with Crippen molar-refractivity contribution < 1.29 is 4.74 Å². The zero-order valence-corrected chi connectivity index (χ0v) is 13.3. The van der Waals surface area contributed by atoms with Gasteiger partial charge in [-0.3, -0.25) is 4.68 Å². The molecule has 2 aliphatic rings. The van der Waals surface area contributed by atoms with Crippen LogP contribution in [0.15, 0.2) is 12.3 Å². The Kier molecular flexibility index (Phi) is 5.31. The number of nitrogens with zero attached hydrogens (tertiary/aromatic N) is 2. The minimum Gasteiger partial charge on any atom is -0.377 e. The third-order valence-electron chi connectivity index (χ3n) is 4.86. The van der Waals surface area contributed by atoms with E-state index in [-0.39, 0.29) is 0 Å². The monoisotopic (exact) mass is 291 g/mol. The minimum atomic E-state index is 0.369. The first-order valence-corrected chi connectivity index (χ1v) is 8.76. The lowest BCUT2D eigenvalue weighted by Gasteiger charge is -2.23. The molecule has 1 saturated carbocycles. The largest absolute Gasteiger partial charge is 0.377 e. The van der Waals surface area contributed by atoms with Gasteiger partial charge in [-0.15, -0.1) is 0 Å². The number of hydrogen-bond acceptors (Lipinski definition) is 3. The molecule has 1 N–H and O–H groups in total. The summed E-state index contributed by atoms with van der Waals surface area (Å²) in [5.41, 5.74) is 1.21. The molecular formula is C17H29N3O. The molecule has 0 amide bonds. The molecule has 1 aliphatic heterocycles. The van der Waals surface area contributed by atoms with E-state index in [1.54, 1.807) is 0 Å². The van der Waals surface area contributed by atoms with Crippen LogP contribution in [0.2, 0.25) is 0 Å². The number of ether oxygens (including phenoxy) is 1. The van der Waals surface area contributed by atoms with Crippen LogP contribution in [0.25, 0.3) is 0 Å². The van der Waals surface area contributed by atoms with Crippen molar-refractivity contribution in [3.05, 3.63) is 18.0 Å². The van der Waals surface area contributed by atoms with Crippen molar-refractivity contribution in [3.63, 3.8) is 0 Å². The van der Waals surface area contributed by atoms with Gasteiger partial charge in [-0.25, -0.2) is 0 Å². The molecule has 3 rings (SSSR count).